The van der Waals surface area contributed by atoms with Crippen LogP contribution in [0.1, 0.15) is 95.0 Å². The first-order valence-electron chi connectivity index (χ1n) is 11.7. The molecule has 0 atom stereocenters. The third-order valence-electron chi connectivity index (χ3n) is 7.74. The van der Waals surface area contributed by atoms with Gasteiger partial charge in [-0.1, -0.05) is 121 Å². The van der Waals surface area contributed by atoms with Crippen LogP contribution in [0.15, 0.2) is 48.5 Å². The predicted molar refractivity (Wildman–Crippen MR) is 135 cm³/mol. The second kappa shape index (κ2) is 7.01. The van der Waals surface area contributed by atoms with Crippen LogP contribution in [-0.4, -0.2) is 6.71 Å². The third-order valence-corrected chi connectivity index (χ3v) is 7.74. The molecule has 0 unspecified atom stereocenters. The number of aryl methyl sites for hydroxylation is 1. The molecule has 1 aliphatic heterocycles. The van der Waals surface area contributed by atoms with Gasteiger partial charge < -0.3 is 0 Å². The van der Waals surface area contributed by atoms with E-state index in [9.17, 15) is 0 Å². The van der Waals surface area contributed by atoms with Gasteiger partial charge >= 0.3 is 0 Å². The van der Waals surface area contributed by atoms with Crippen molar-refractivity contribution >= 4 is 22.9 Å². The van der Waals surface area contributed by atoms with Gasteiger partial charge in [0.1, 0.15) is 0 Å². The Morgan fingerprint density at radius 2 is 1.27 bits per heavy atom. The lowest BCUT2D eigenvalue weighted by Gasteiger charge is -2.50. The maximum Gasteiger partial charge on any atom is 0.197 e. The van der Waals surface area contributed by atoms with E-state index >= 15 is 0 Å². The third kappa shape index (κ3) is 2.88. The molecule has 0 aromatic heterocycles. The van der Waals surface area contributed by atoms with Crippen LogP contribution >= 0.6 is 0 Å². The SMILES string of the molecule is Cc1ccc2cccc3c2c1C(C)(C)B(c1c(C(C)C)cccc1C(C)C)C3(C)C. The molecule has 1 heterocycles. The summed E-state index contributed by atoms with van der Waals surface area (Å²) in [5.41, 5.74) is 9.13. The van der Waals surface area contributed by atoms with Gasteiger partial charge in [-0.05, 0) is 56.9 Å². The van der Waals surface area contributed by atoms with E-state index in [1.165, 1.54) is 33.0 Å². The molecule has 4 rings (SSSR count). The number of rotatable bonds is 3. The Morgan fingerprint density at radius 1 is 0.700 bits per heavy atom. The molecule has 1 aliphatic rings. The summed E-state index contributed by atoms with van der Waals surface area (Å²) in [4.78, 5) is 0. The Bertz CT molecular complexity index is 1090. The Hall–Kier alpha value is -2.02. The average molecular weight is 396 g/mol. The van der Waals surface area contributed by atoms with Crippen molar-refractivity contribution in [2.24, 2.45) is 0 Å². The molecule has 0 N–H and O–H groups in total. The topological polar surface area (TPSA) is 0 Å². The maximum atomic E-state index is 2.50. The molecule has 0 aliphatic carbocycles. The van der Waals surface area contributed by atoms with Gasteiger partial charge in [0.05, 0.1) is 0 Å². The van der Waals surface area contributed by atoms with E-state index in [2.05, 4.69) is 111 Å². The zero-order chi connectivity index (χ0) is 22.0. The van der Waals surface area contributed by atoms with Gasteiger partial charge in [0, 0.05) is 0 Å². The highest BCUT2D eigenvalue weighted by Gasteiger charge is 2.53. The minimum atomic E-state index is 0.0378. The summed E-state index contributed by atoms with van der Waals surface area (Å²) in [6.07, 6.45) is 0. The van der Waals surface area contributed by atoms with Crippen LogP contribution in [0.4, 0.5) is 0 Å². The van der Waals surface area contributed by atoms with E-state index in [0.717, 1.165) is 0 Å². The molecule has 3 aromatic carbocycles. The van der Waals surface area contributed by atoms with Crippen molar-refractivity contribution < 1.29 is 0 Å². The number of hydrogen-bond acceptors (Lipinski definition) is 0. The van der Waals surface area contributed by atoms with Crippen molar-refractivity contribution in [3.8, 4) is 0 Å². The molecule has 3 aromatic rings. The predicted octanol–water partition coefficient (Wildman–Crippen LogP) is 7.44. The molecule has 0 bridgehead atoms. The molecule has 0 saturated carbocycles. The van der Waals surface area contributed by atoms with Crippen LogP contribution in [0, 0.1) is 6.92 Å². The van der Waals surface area contributed by atoms with Crippen LogP contribution < -0.4 is 5.46 Å². The standard InChI is InChI=1S/C29H37B/c1-18(2)22-13-11-14-23(19(3)4)27(22)30-28(6,7)24-15-10-12-21-17-16-20(5)26(25(21)24)29(30,8)9/h10-19H,1-9H3. The van der Waals surface area contributed by atoms with Gasteiger partial charge in [-0.25, -0.2) is 0 Å². The lowest BCUT2D eigenvalue weighted by molar-refractivity contribution is 0.631. The quantitative estimate of drug-likeness (QED) is 0.404. The minimum absolute atomic E-state index is 0.0378. The molecule has 0 saturated heterocycles. The second-order valence-corrected chi connectivity index (χ2v) is 11.2. The van der Waals surface area contributed by atoms with Crippen LogP contribution in [0.5, 0.6) is 0 Å². The first kappa shape index (κ1) is 21.2. The first-order valence-corrected chi connectivity index (χ1v) is 11.7. The molecule has 1 heteroatoms. The monoisotopic (exact) mass is 396 g/mol. The first-order chi connectivity index (χ1) is 14.0. The summed E-state index contributed by atoms with van der Waals surface area (Å²) >= 11 is 0. The van der Waals surface area contributed by atoms with E-state index in [-0.39, 0.29) is 10.6 Å². The largest absolute Gasteiger partial charge is 0.197 e. The highest BCUT2D eigenvalue weighted by molar-refractivity contribution is 6.80. The summed E-state index contributed by atoms with van der Waals surface area (Å²) < 4.78 is 0. The molecule has 0 amide bonds. The van der Waals surface area contributed by atoms with Gasteiger partial charge in [-0.3, -0.25) is 0 Å². The fourth-order valence-electron chi connectivity index (χ4n) is 6.72. The van der Waals surface area contributed by atoms with Gasteiger partial charge in [0.2, 0.25) is 0 Å². The van der Waals surface area contributed by atoms with Crippen molar-refractivity contribution in [1.82, 2.24) is 0 Å². The van der Waals surface area contributed by atoms with Crippen LogP contribution in [0.3, 0.4) is 0 Å². The number of benzene rings is 3. The van der Waals surface area contributed by atoms with Crippen LogP contribution in [0.25, 0.3) is 10.8 Å². The fraction of sp³-hybridized carbons (Fsp3) is 0.448. The molecule has 30 heavy (non-hydrogen) atoms. The minimum Gasteiger partial charge on any atom is -0.0714 e. The van der Waals surface area contributed by atoms with Crippen molar-refractivity contribution in [3.63, 3.8) is 0 Å². The Kier molecular flexibility index (Phi) is 4.96. The lowest BCUT2D eigenvalue weighted by Crippen LogP contribution is -2.63. The maximum absolute atomic E-state index is 2.50. The normalized spacial score (nSPS) is 17.2. The molecular formula is C29H37B. The Morgan fingerprint density at radius 3 is 1.83 bits per heavy atom. The molecular weight excluding hydrogens is 359 g/mol. The summed E-state index contributed by atoms with van der Waals surface area (Å²) in [5, 5.41) is 2.96. The lowest BCUT2D eigenvalue weighted by atomic mass is 9.16. The zero-order valence-corrected chi connectivity index (χ0v) is 20.4. The van der Waals surface area contributed by atoms with Crippen molar-refractivity contribution in [3.05, 3.63) is 76.3 Å². The van der Waals surface area contributed by atoms with Crippen molar-refractivity contribution in [2.45, 2.75) is 84.8 Å². The van der Waals surface area contributed by atoms with Crippen molar-refractivity contribution in [2.75, 3.05) is 0 Å². The molecule has 156 valence electrons. The van der Waals surface area contributed by atoms with Crippen molar-refractivity contribution in [1.29, 1.82) is 0 Å². The Labute approximate surface area is 184 Å². The highest BCUT2D eigenvalue weighted by Crippen LogP contribution is 2.50. The van der Waals surface area contributed by atoms with E-state index in [1.807, 2.05) is 0 Å². The second-order valence-electron chi connectivity index (χ2n) is 11.2. The van der Waals surface area contributed by atoms with E-state index in [0.29, 0.717) is 18.5 Å². The molecule has 0 nitrogen and oxygen atoms in total. The molecule has 0 radical (unpaired) electrons. The van der Waals surface area contributed by atoms with Crippen LogP contribution in [0.2, 0.25) is 0 Å². The molecule has 0 spiro atoms. The average Bonchev–Trinajstić information content (AvgIpc) is 2.65. The van der Waals surface area contributed by atoms with Crippen LogP contribution in [-0.2, 0) is 10.6 Å². The Balaban J connectivity index is 2.16. The summed E-state index contributed by atoms with van der Waals surface area (Å²) in [6.45, 7) is 22.1. The van der Waals surface area contributed by atoms with E-state index in [4.69, 9.17) is 0 Å². The summed E-state index contributed by atoms with van der Waals surface area (Å²) in [6, 6.07) is 18.6. The smallest absolute Gasteiger partial charge is 0.0714 e. The van der Waals surface area contributed by atoms with Gasteiger partial charge in [-0.2, -0.15) is 0 Å². The summed E-state index contributed by atoms with van der Waals surface area (Å²) in [5.74, 6) is 1.03. The van der Waals surface area contributed by atoms with Gasteiger partial charge in [0.15, 0.2) is 6.71 Å². The summed E-state index contributed by atoms with van der Waals surface area (Å²) in [7, 11) is 0. The molecule has 0 fully saturated rings. The van der Waals surface area contributed by atoms with E-state index in [1.54, 1.807) is 11.0 Å². The van der Waals surface area contributed by atoms with Gasteiger partial charge in [-0.15, -0.1) is 0 Å². The van der Waals surface area contributed by atoms with E-state index < -0.39 is 0 Å². The number of hydrogen-bond donors (Lipinski definition) is 0. The highest BCUT2D eigenvalue weighted by atomic mass is 14.4. The zero-order valence-electron chi connectivity index (χ0n) is 20.4. The fourth-order valence-corrected chi connectivity index (χ4v) is 6.72. The van der Waals surface area contributed by atoms with Gasteiger partial charge in [0.25, 0.3) is 0 Å².